The van der Waals surface area contributed by atoms with Gasteiger partial charge in [-0.15, -0.1) is 0 Å². The zero-order valence-electron chi connectivity index (χ0n) is 14.3. The summed E-state index contributed by atoms with van der Waals surface area (Å²) >= 11 is 0. The predicted molar refractivity (Wildman–Crippen MR) is 101 cm³/mol. The van der Waals surface area contributed by atoms with Gasteiger partial charge in [0.25, 0.3) is 0 Å². The average Bonchev–Trinajstić information content (AvgIpc) is 2.68. The van der Waals surface area contributed by atoms with Crippen LogP contribution in [0, 0.1) is 11.6 Å². The van der Waals surface area contributed by atoms with Crippen LogP contribution in [0.3, 0.4) is 0 Å². The first kappa shape index (κ1) is 18.1. The first-order chi connectivity index (χ1) is 13.4. The molecule has 140 valence electrons. The molecular formula is C21H13F2NO3S. The summed E-state index contributed by atoms with van der Waals surface area (Å²) < 4.78 is 54.6. The maximum Gasteiger partial charge on any atom is 0.208 e. The number of phenols is 1. The molecule has 7 heteroatoms. The molecule has 0 amide bonds. The highest BCUT2D eigenvalue weighted by Crippen LogP contribution is 2.37. The van der Waals surface area contributed by atoms with Crippen LogP contribution in [-0.4, -0.2) is 18.5 Å². The molecule has 0 radical (unpaired) electrons. The number of fused-ring (bicyclic) bond motifs is 1. The lowest BCUT2D eigenvalue weighted by atomic mass is 10.0. The topological polar surface area (TPSA) is 67.3 Å². The number of halogens is 2. The maximum atomic E-state index is 14.2. The van der Waals surface area contributed by atoms with Crippen molar-refractivity contribution in [1.82, 2.24) is 4.98 Å². The van der Waals surface area contributed by atoms with Crippen molar-refractivity contribution < 1.29 is 22.3 Å². The van der Waals surface area contributed by atoms with Crippen LogP contribution in [0.4, 0.5) is 8.78 Å². The second kappa shape index (κ2) is 6.69. The number of pyridine rings is 1. The van der Waals surface area contributed by atoms with Gasteiger partial charge in [0, 0.05) is 17.1 Å². The minimum Gasteiger partial charge on any atom is -0.508 e. The number of rotatable bonds is 3. The van der Waals surface area contributed by atoms with Gasteiger partial charge in [0.2, 0.25) is 9.84 Å². The number of phenolic OH excluding ortho intramolecular Hbond substituents is 1. The van der Waals surface area contributed by atoms with Crippen LogP contribution in [0.15, 0.2) is 82.7 Å². The lowest BCUT2D eigenvalue weighted by molar-refractivity contribution is 0.475. The summed E-state index contributed by atoms with van der Waals surface area (Å²) in [6.07, 6.45) is 1.08. The number of sulfone groups is 1. The van der Waals surface area contributed by atoms with Crippen molar-refractivity contribution in [3.05, 3.63) is 84.6 Å². The molecule has 0 saturated carbocycles. The molecule has 0 aliphatic heterocycles. The van der Waals surface area contributed by atoms with Gasteiger partial charge < -0.3 is 5.11 Å². The standard InChI is InChI=1S/C21H13F2NO3S/c22-14-4-1-3-13(11-14)20-17-5-2-6-18(23)21(17)24-12-19(20)28(26,27)16-9-7-15(25)8-10-16/h1-12,25H. The van der Waals surface area contributed by atoms with E-state index in [1.807, 2.05) is 0 Å². The summed E-state index contributed by atoms with van der Waals surface area (Å²) in [5.74, 6) is -1.24. The summed E-state index contributed by atoms with van der Waals surface area (Å²) in [4.78, 5) is 3.75. The third-order valence-corrected chi connectivity index (χ3v) is 6.14. The van der Waals surface area contributed by atoms with Gasteiger partial charge in [-0.1, -0.05) is 24.3 Å². The van der Waals surface area contributed by atoms with Crippen LogP contribution < -0.4 is 0 Å². The molecule has 1 N–H and O–H groups in total. The number of hydrogen-bond acceptors (Lipinski definition) is 4. The zero-order valence-corrected chi connectivity index (χ0v) is 15.1. The van der Waals surface area contributed by atoms with Crippen molar-refractivity contribution in [1.29, 1.82) is 0 Å². The Balaban J connectivity index is 2.09. The van der Waals surface area contributed by atoms with Gasteiger partial charge in [0.1, 0.15) is 22.9 Å². The first-order valence-corrected chi connectivity index (χ1v) is 9.73. The zero-order chi connectivity index (χ0) is 19.9. The lowest BCUT2D eigenvalue weighted by Crippen LogP contribution is -2.06. The molecule has 28 heavy (non-hydrogen) atoms. The van der Waals surface area contributed by atoms with Gasteiger partial charge in [-0.3, -0.25) is 4.98 Å². The van der Waals surface area contributed by atoms with E-state index >= 15 is 0 Å². The summed E-state index contributed by atoms with van der Waals surface area (Å²) in [5.41, 5.74) is 0.443. The first-order valence-electron chi connectivity index (χ1n) is 8.25. The van der Waals surface area contributed by atoms with Crippen molar-refractivity contribution in [3.63, 3.8) is 0 Å². The molecule has 1 heterocycles. The Kier molecular flexibility index (Phi) is 4.31. The van der Waals surface area contributed by atoms with Crippen LogP contribution in [0.5, 0.6) is 5.75 Å². The van der Waals surface area contributed by atoms with E-state index in [2.05, 4.69) is 4.98 Å². The van der Waals surface area contributed by atoms with Gasteiger partial charge in [0.05, 0.1) is 9.79 Å². The van der Waals surface area contributed by atoms with Gasteiger partial charge in [-0.05, 0) is 48.0 Å². The Bertz CT molecular complexity index is 1300. The highest BCUT2D eigenvalue weighted by Gasteiger charge is 2.25. The SMILES string of the molecule is O=S(=O)(c1ccc(O)cc1)c1cnc2c(F)cccc2c1-c1cccc(F)c1. The molecule has 4 aromatic rings. The van der Waals surface area contributed by atoms with E-state index in [0.29, 0.717) is 0 Å². The van der Waals surface area contributed by atoms with Crippen molar-refractivity contribution in [2.75, 3.05) is 0 Å². The van der Waals surface area contributed by atoms with E-state index < -0.39 is 21.5 Å². The number of aromatic hydroxyl groups is 1. The maximum absolute atomic E-state index is 14.2. The fourth-order valence-electron chi connectivity index (χ4n) is 3.07. The average molecular weight is 397 g/mol. The van der Waals surface area contributed by atoms with E-state index in [0.717, 1.165) is 6.20 Å². The van der Waals surface area contributed by atoms with Crippen LogP contribution in [0.25, 0.3) is 22.0 Å². The normalized spacial score (nSPS) is 11.6. The third kappa shape index (κ3) is 2.99. The van der Waals surface area contributed by atoms with E-state index in [9.17, 15) is 22.3 Å². The lowest BCUT2D eigenvalue weighted by Gasteiger charge is -2.14. The number of aromatic nitrogens is 1. The largest absolute Gasteiger partial charge is 0.508 e. The molecule has 1 aromatic heterocycles. The Morgan fingerprint density at radius 1 is 0.893 bits per heavy atom. The molecular weight excluding hydrogens is 384 g/mol. The number of benzene rings is 3. The Labute approximate surface area is 159 Å². The number of para-hydroxylation sites is 1. The van der Waals surface area contributed by atoms with Gasteiger partial charge in [-0.25, -0.2) is 17.2 Å². The van der Waals surface area contributed by atoms with Gasteiger partial charge in [-0.2, -0.15) is 0 Å². The molecule has 3 aromatic carbocycles. The highest BCUT2D eigenvalue weighted by atomic mass is 32.2. The minimum atomic E-state index is -4.07. The molecule has 0 spiro atoms. The smallest absolute Gasteiger partial charge is 0.208 e. The Hall–Kier alpha value is -3.32. The summed E-state index contributed by atoms with van der Waals surface area (Å²) in [7, 11) is -4.07. The number of nitrogens with zero attached hydrogens (tertiary/aromatic N) is 1. The van der Waals surface area contributed by atoms with Crippen molar-refractivity contribution >= 4 is 20.7 Å². The molecule has 0 unspecified atom stereocenters. The van der Waals surface area contributed by atoms with Gasteiger partial charge >= 0.3 is 0 Å². The highest BCUT2D eigenvalue weighted by molar-refractivity contribution is 7.91. The van der Waals surface area contributed by atoms with Crippen molar-refractivity contribution in [2.24, 2.45) is 0 Å². The van der Waals surface area contributed by atoms with Crippen LogP contribution in [-0.2, 0) is 9.84 Å². The molecule has 0 bridgehead atoms. The second-order valence-electron chi connectivity index (χ2n) is 6.14. The second-order valence-corrected chi connectivity index (χ2v) is 8.06. The monoisotopic (exact) mass is 397 g/mol. The molecule has 0 aliphatic carbocycles. The fraction of sp³-hybridized carbons (Fsp3) is 0. The Morgan fingerprint density at radius 2 is 1.61 bits per heavy atom. The van der Waals surface area contributed by atoms with Crippen molar-refractivity contribution in [2.45, 2.75) is 9.79 Å². The fourth-order valence-corrected chi connectivity index (χ4v) is 4.50. The molecule has 0 saturated heterocycles. The summed E-state index contributed by atoms with van der Waals surface area (Å²) in [6, 6.07) is 14.7. The molecule has 0 fully saturated rings. The molecule has 4 nitrogen and oxygen atoms in total. The van der Waals surface area contributed by atoms with E-state index in [1.54, 1.807) is 12.1 Å². The van der Waals surface area contributed by atoms with Gasteiger partial charge in [0.15, 0.2) is 0 Å². The van der Waals surface area contributed by atoms with Crippen LogP contribution in [0.2, 0.25) is 0 Å². The number of hydrogen-bond donors (Lipinski definition) is 1. The van der Waals surface area contributed by atoms with Crippen LogP contribution >= 0.6 is 0 Å². The van der Waals surface area contributed by atoms with E-state index in [4.69, 9.17) is 0 Å². The molecule has 0 aliphatic rings. The third-order valence-electron chi connectivity index (χ3n) is 4.36. The predicted octanol–water partition coefficient (Wildman–Crippen LogP) is 4.72. The quantitative estimate of drug-likeness (QED) is 0.543. The summed E-state index contributed by atoms with van der Waals surface area (Å²) in [6.45, 7) is 0. The van der Waals surface area contributed by atoms with Crippen molar-refractivity contribution in [3.8, 4) is 16.9 Å². The van der Waals surface area contributed by atoms with E-state index in [1.165, 1.54) is 54.6 Å². The Morgan fingerprint density at radius 3 is 2.32 bits per heavy atom. The molecule has 0 atom stereocenters. The summed E-state index contributed by atoms with van der Waals surface area (Å²) in [5, 5.41) is 9.69. The minimum absolute atomic E-state index is 0.00795. The van der Waals surface area contributed by atoms with E-state index in [-0.39, 0.29) is 37.6 Å². The molecule has 4 rings (SSSR count). The van der Waals surface area contributed by atoms with Crippen LogP contribution in [0.1, 0.15) is 0 Å².